The maximum absolute atomic E-state index is 3.64. The van der Waals surface area contributed by atoms with E-state index in [4.69, 9.17) is 0 Å². The minimum absolute atomic E-state index is 0.540. The minimum atomic E-state index is 0.540. The zero-order valence-electron chi connectivity index (χ0n) is 13.5. The van der Waals surface area contributed by atoms with Crippen LogP contribution in [0.25, 0.3) is 0 Å². The van der Waals surface area contributed by atoms with Crippen LogP contribution in [-0.2, 0) is 0 Å². The summed E-state index contributed by atoms with van der Waals surface area (Å²) < 4.78 is 0. The molecular formula is C17H34N2. The van der Waals surface area contributed by atoms with E-state index in [2.05, 4.69) is 37.9 Å². The predicted molar refractivity (Wildman–Crippen MR) is 83.4 cm³/mol. The van der Waals surface area contributed by atoms with Crippen molar-refractivity contribution in [2.24, 2.45) is 17.3 Å². The van der Waals surface area contributed by atoms with Crippen molar-refractivity contribution in [1.29, 1.82) is 0 Å². The summed E-state index contributed by atoms with van der Waals surface area (Å²) in [6, 6.07) is 0.844. The van der Waals surface area contributed by atoms with Crippen molar-refractivity contribution in [2.45, 2.75) is 65.8 Å². The van der Waals surface area contributed by atoms with Crippen LogP contribution in [0.5, 0.6) is 0 Å². The molecule has 1 heterocycles. The summed E-state index contributed by atoms with van der Waals surface area (Å²) in [6.07, 6.45) is 7.14. The molecule has 1 aliphatic heterocycles. The summed E-state index contributed by atoms with van der Waals surface area (Å²) in [6.45, 7) is 14.6. The van der Waals surface area contributed by atoms with Gasteiger partial charge >= 0.3 is 0 Å². The van der Waals surface area contributed by atoms with Gasteiger partial charge in [0, 0.05) is 12.6 Å². The molecule has 2 unspecified atom stereocenters. The van der Waals surface area contributed by atoms with Crippen LogP contribution in [0.1, 0.15) is 59.8 Å². The third kappa shape index (κ3) is 4.19. The highest BCUT2D eigenvalue weighted by Crippen LogP contribution is 2.40. The van der Waals surface area contributed by atoms with Gasteiger partial charge in [0.25, 0.3) is 0 Å². The Balaban J connectivity index is 1.77. The Hall–Kier alpha value is -0.0800. The second-order valence-electron chi connectivity index (χ2n) is 7.95. The van der Waals surface area contributed by atoms with Crippen molar-refractivity contribution in [3.63, 3.8) is 0 Å². The SMILES string of the molecule is CC(C)CNCC1CCN(C2CCCCC2(C)C)C1. The first-order valence-electron chi connectivity index (χ1n) is 8.44. The van der Waals surface area contributed by atoms with Gasteiger partial charge in [0.15, 0.2) is 0 Å². The van der Waals surface area contributed by atoms with E-state index in [1.54, 1.807) is 0 Å². The second-order valence-corrected chi connectivity index (χ2v) is 7.95. The Morgan fingerprint density at radius 1 is 1.21 bits per heavy atom. The molecule has 2 atom stereocenters. The first-order chi connectivity index (χ1) is 8.99. The molecule has 112 valence electrons. The number of likely N-dealkylation sites (tertiary alicyclic amines) is 1. The largest absolute Gasteiger partial charge is 0.316 e. The molecule has 0 amide bonds. The molecule has 0 aromatic rings. The highest BCUT2D eigenvalue weighted by atomic mass is 15.2. The monoisotopic (exact) mass is 266 g/mol. The lowest BCUT2D eigenvalue weighted by Gasteiger charge is -2.44. The number of nitrogens with one attached hydrogen (secondary N) is 1. The van der Waals surface area contributed by atoms with Gasteiger partial charge in [-0.25, -0.2) is 0 Å². The molecule has 0 radical (unpaired) electrons. The van der Waals surface area contributed by atoms with Gasteiger partial charge in [-0.05, 0) is 56.1 Å². The molecule has 0 bridgehead atoms. The average molecular weight is 266 g/mol. The molecule has 1 saturated heterocycles. The third-order valence-corrected chi connectivity index (χ3v) is 5.19. The molecule has 19 heavy (non-hydrogen) atoms. The van der Waals surface area contributed by atoms with Crippen LogP contribution < -0.4 is 5.32 Å². The maximum atomic E-state index is 3.64. The molecule has 2 heteroatoms. The molecule has 1 saturated carbocycles. The zero-order valence-corrected chi connectivity index (χ0v) is 13.5. The molecule has 1 aliphatic carbocycles. The fourth-order valence-electron chi connectivity index (χ4n) is 4.04. The van der Waals surface area contributed by atoms with Gasteiger partial charge in [-0.2, -0.15) is 0 Å². The van der Waals surface area contributed by atoms with Crippen LogP contribution in [0, 0.1) is 17.3 Å². The lowest BCUT2D eigenvalue weighted by molar-refractivity contribution is 0.0637. The van der Waals surface area contributed by atoms with E-state index in [1.165, 1.54) is 58.3 Å². The molecule has 0 aromatic carbocycles. The topological polar surface area (TPSA) is 15.3 Å². The Morgan fingerprint density at radius 2 is 2.00 bits per heavy atom. The van der Waals surface area contributed by atoms with Gasteiger partial charge in [0.05, 0.1) is 0 Å². The summed E-state index contributed by atoms with van der Waals surface area (Å²) in [7, 11) is 0. The van der Waals surface area contributed by atoms with Gasteiger partial charge in [0.1, 0.15) is 0 Å². The van der Waals surface area contributed by atoms with E-state index in [1.807, 2.05) is 0 Å². The average Bonchev–Trinajstić information content (AvgIpc) is 2.76. The Morgan fingerprint density at radius 3 is 2.68 bits per heavy atom. The van der Waals surface area contributed by atoms with E-state index >= 15 is 0 Å². The van der Waals surface area contributed by atoms with Crippen LogP contribution in [0.15, 0.2) is 0 Å². The summed E-state index contributed by atoms with van der Waals surface area (Å²) in [5.41, 5.74) is 0.540. The van der Waals surface area contributed by atoms with Crippen molar-refractivity contribution in [1.82, 2.24) is 10.2 Å². The highest BCUT2D eigenvalue weighted by molar-refractivity contribution is 4.93. The Kier molecular flexibility index (Phi) is 5.30. The molecule has 2 aliphatic rings. The zero-order chi connectivity index (χ0) is 13.9. The van der Waals surface area contributed by atoms with Crippen molar-refractivity contribution in [3.05, 3.63) is 0 Å². The quantitative estimate of drug-likeness (QED) is 0.819. The van der Waals surface area contributed by atoms with E-state index in [0.717, 1.165) is 17.9 Å². The van der Waals surface area contributed by atoms with Gasteiger partial charge in [0.2, 0.25) is 0 Å². The molecule has 2 fully saturated rings. The lowest BCUT2D eigenvalue weighted by Crippen LogP contribution is -2.46. The van der Waals surface area contributed by atoms with Crippen LogP contribution in [0.3, 0.4) is 0 Å². The normalized spacial score (nSPS) is 32.1. The molecule has 0 aromatic heterocycles. The Labute approximate surface area is 120 Å². The Bertz CT molecular complexity index is 272. The smallest absolute Gasteiger partial charge is 0.0146 e. The fraction of sp³-hybridized carbons (Fsp3) is 1.00. The number of nitrogens with zero attached hydrogens (tertiary/aromatic N) is 1. The molecule has 2 nitrogen and oxygen atoms in total. The van der Waals surface area contributed by atoms with Crippen molar-refractivity contribution in [3.8, 4) is 0 Å². The molecule has 0 spiro atoms. The number of hydrogen-bond acceptors (Lipinski definition) is 2. The first-order valence-corrected chi connectivity index (χ1v) is 8.44. The number of rotatable bonds is 5. The predicted octanol–water partition coefficient (Wildman–Crippen LogP) is 3.52. The lowest BCUT2D eigenvalue weighted by atomic mass is 9.72. The van der Waals surface area contributed by atoms with E-state index in [9.17, 15) is 0 Å². The minimum Gasteiger partial charge on any atom is -0.316 e. The van der Waals surface area contributed by atoms with Crippen LogP contribution >= 0.6 is 0 Å². The second kappa shape index (κ2) is 6.58. The van der Waals surface area contributed by atoms with Crippen molar-refractivity contribution >= 4 is 0 Å². The van der Waals surface area contributed by atoms with Crippen LogP contribution in [-0.4, -0.2) is 37.1 Å². The highest BCUT2D eigenvalue weighted by Gasteiger charge is 2.38. The molecular weight excluding hydrogens is 232 g/mol. The number of hydrogen-bond donors (Lipinski definition) is 1. The van der Waals surface area contributed by atoms with Gasteiger partial charge in [-0.3, -0.25) is 4.90 Å². The summed E-state index contributed by atoms with van der Waals surface area (Å²) in [4.78, 5) is 2.81. The third-order valence-electron chi connectivity index (χ3n) is 5.19. The van der Waals surface area contributed by atoms with Gasteiger partial charge in [-0.15, -0.1) is 0 Å². The standard InChI is InChI=1S/C17H34N2/c1-14(2)11-18-12-15-8-10-19(13-15)16-7-5-6-9-17(16,3)4/h14-16,18H,5-13H2,1-4H3. The summed E-state index contributed by atoms with van der Waals surface area (Å²) >= 11 is 0. The summed E-state index contributed by atoms with van der Waals surface area (Å²) in [5, 5.41) is 3.64. The van der Waals surface area contributed by atoms with Crippen molar-refractivity contribution in [2.75, 3.05) is 26.2 Å². The van der Waals surface area contributed by atoms with Gasteiger partial charge < -0.3 is 5.32 Å². The van der Waals surface area contributed by atoms with E-state index in [0.29, 0.717) is 5.41 Å². The molecule has 1 N–H and O–H groups in total. The van der Waals surface area contributed by atoms with Crippen LogP contribution in [0.4, 0.5) is 0 Å². The van der Waals surface area contributed by atoms with Gasteiger partial charge in [-0.1, -0.05) is 40.5 Å². The van der Waals surface area contributed by atoms with Crippen LogP contribution in [0.2, 0.25) is 0 Å². The van der Waals surface area contributed by atoms with Crippen molar-refractivity contribution < 1.29 is 0 Å². The fourth-order valence-corrected chi connectivity index (χ4v) is 4.04. The molecule has 2 rings (SSSR count). The maximum Gasteiger partial charge on any atom is 0.0146 e. The first kappa shape index (κ1) is 15.3. The van der Waals surface area contributed by atoms with E-state index in [-0.39, 0.29) is 0 Å². The summed E-state index contributed by atoms with van der Waals surface area (Å²) in [5.74, 6) is 1.66. The van der Waals surface area contributed by atoms with E-state index < -0.39 is 0 Å².